The van der Waals surface area contributed by atoms with Crippen molar-refractivity contribution >= 4 is 29.1 Å². The van der Waals surface area contributed by atoms with E-state index >= 15 is 0 Å². The average Bonchev–Trinajstić information content (AvgIpc) is 3.25. The number of aromatic nitrogens is 3. The number of amides is 2. The quantitative estimate of drug-likeness (QED) is 0.366. The maximum Gasteiger partial charge on any atom is 0.269 e. The maximum absolute atomic E-state index is 12.8. The van der Waals surface area contributed by atoms with E-state index in [-0.39, 0.29) is 22.3 Å². The number of hydrogen-bond acceptors (Lipinski definition) is 5. The van der Waals surface area contributed by atoms with Gasteiger partial charge in [0, 0.05) is 23.0 Å². The fourth-order valence-corrected chi connectivity index (χ4v) is 4.55. The van der Waals surface area contributed by atoms with Crippen LogP contribution in [0, 0.1) is 0 Å². The van der Waals surface area contributed by atoms with Crippen LogP contribution < -0.4 is 11.1 Å². The molecule has 2 aromatic heterocycles. The molecule has 0 radical (unpaired) electrons. The van der Waals surface area contributed by atoms with E-state index in [4.69, 9.17) is 17.3 Å². The van der Waals surface area contributed by atoms with Gasteiger partial charge in [0.25, 0.3) is 11.8 Å². The van der Waals surface area contributed by atoms with E-state index in [1.807, 2.05) is 42.5 Å². The molecule has 9 heteroatoms. The van der Waals surface area contributed by atoms with Gasteiger partial charge in [-0.15, -0.1) is 0 Å². The van der Waals surface area contributed by atoms with Gasteiger partial charge in [-0.2, -0.15) is 5.10 Å². The lowest BCUT2D eigenvalue weighted by Crippen LogP contribution is -2.16. The minimum absolute atomic E-state index is 0.120. The van der Waals surface area contributed by atoms with Crippen LogP contribution in [0.2, 0.25) is 5.15 Å². The molecule has 0 spiro atoms. The van der Waals surface area contributed by atoms with Crippen molar-refractivity contribution in [2.45, 2.75) is 25.9 Å². The number of carbonyl (C=O) groups is 2. The topological polar surface area (TPSA) is 123 Å². The SMILES string of the molecule is CC(O)c1ccc(-n2nc(C(N)=O)c3c2-c2cc(NC(=O)c4cccnc4Cl)ccc2CC3)cc1. The molecule has 0 saturated heterocycles. The fraction of sp³-hybridized carbons (Fsp3) is 0.154. The Balaban J connectivity index is 1.59. The van der Waals surface area contributed by atoms with Gasteiger partial charge in [-0.25, -0.2) is 9.67 Å². The summed E-state index contributed by atoms with van der Waals surface area (Å²) >= 11 is 6.08. The molecule has 2 aromatic carbocycles. The number of benzene rings is 2. The molecule has 1 aliphatic rings. The number of aryl methyl sites for hydroxylation is 1. The monoisotopic (exact) mass is 487 g/mol. The van der Waals surface area contributed by atoms with Crippen molar-refractivity contribution in [2.24, 2.45) is 5.73 Å². The van der Waals surface area contributed by atoms with Gasteiger partial charge in [-0.3, -0.25) is 9.59 Å². The first kappa shape index (κ1) is 22.8. The standard InChI is InChI=1S/C26H22ClN5O3/c1-14(33)15-5-9-18(10-6-15)32-23-19(22(31-32)25(28)34)11-7-16-4-8-17(13-21(16)23)30-26(35)20-3-2-12-29-24(20)27/h2-6,8-10,12-14,33H,7,11H2,1H3,(H2,28,34)(H,30,35). The summed E-state index contributed by atoms with van der Waals surface area (Å²) in [6.07, 6.45) is 2.24. The molecule has 0 fully saturated rings. The molecular formula is C26H22ClN5O3. The number of halogens is 1. The number of primary amides is 1. The summed E-state index contributed by atoms with van der Waals surface area (Å²) < 4.78 is 1.70. The minimum atomic E-state index is -0.600. The fourth-order valence-electron chi connectivity index (χ4n) is 4.35. The first-order chi connectivity index (χ1) is 16.8. The van der Waals surface area contributed by atoms with Crippen LogP contribution >= 0.6 is 11.6 Å². The number of hydrogen-bond donors (Lipinski definition) is 3. The number of nitrogens with one attached hydrogen (secondary N) is 1. The molecule has 0 bridgehead atoms. The van der Waals surface area contributed by atoms with Gasteiger partial charge in [0.2, 0.25) is 0 Å². The Morgan fingerprint density at radius 2 is 1.91 bits per heavy atom. The highest BCUT2D eigenvalue weighted by Crippen LogP contribution is 2.38. The second-order valence-electron chi connectivity index (χ2n) is 8.39. The van der Waals surface area contributed by atoms with Gasteiger partial charge < -0.3 is 16.2 Å². The van der Waals surface area contributed by atoms with Gasteiger partial charge in [0.15, 0.2) is 5.69 Å². The molecule has 2 amide bonds. The summed E-state index contributed by atoms with van der Waals surface area (Å²) in [6.45, 7) is 1.70. The lowest BCUT2D eigenvalue weighted by Gasteiger charge is -2.20. The largest absolute Gasteiger partial charge is 0.389 e. The molecule has 35 heavy (non-hydrogen) atoms. The van der Waals surface area contributed by atoms with Crippen molar-refractivity contribution in [3.8, 4) is 16.9 Å². The molecule has 2 heterocycles. The van der Waals surface area contributed by atoms with Gasteiger partial charge in [-0.05, 0) is 67.3 Å². The molecule has 1 aliphatic carbocycles. The minimum Gasteiger partial charge on any atom is -0.389 e. The highest BCUT2D eigenvalue weighted by molar-refractivity contribution is 6.33. The predicted molar refractivity (Wildman–Crippen MR) is 133 cm³/mol. The summed E-state index contributed by atoms with van der Waals surface area (Å²) in [5.41, 5.74) is 11.6. The van der Waals surface area contributed by atoms with Crippen molar-refractivity contribution in [1.82, 2.24) is 14.8 Å². The Bertz CT molecular complexity index is 1460. The third-order valence-electron chi connectivity index (χ3n) is 6.11. The van der Waals surface area contributed by atoms with Crippen LogP contribution in [0.5, 0.6) is 0 Å². The number of nitrogens with two attached hydrogens (primary N) is 1. The molecule has 176 valence electrons. The van der Waals surface area contributed by atoms with Gasteiger partial charge in [0.05, 0.1) is 23.0 Å². The third kappa shape index (κ3) is 4.18. The second kappa shape index (κ2) is 8.98. The van der Waals surface area contributed by atoms with Gasteiger partial charge >= 0.3 is 0 Å². The number of anilines is 1. The van der Waals surface area contributed by atoms with E-state index in [9.17, 15) is 14.7 Å². The highest BCUT2D eigenvalue weighted by Gasteiger charge is 2.28. The Labute approximate surface area is 206 Å². The maximum atomic E-state index is 12.8. The molecule has 1 atom stereocenters. The molecular weight excluding hydrogens is 466 g/mol. The number of pyridine rings is 1. The van der Waals surface area contributed by atoms with Crippen molar-refractivity contribution in [2.75, 3.05) is 5.32 Å². The average molecular weight is 488 g/mol. The van der Waals surface area contributed by atoms with Crippen LogP contribution in [0.4, 0.5) is 5.69 Å². The number of aliphatic hydroxyl groups excluding tert-OH is 1. The number of aliphatic hydroxyl groups is 1. The van der Waals surface area contributed by atoms with E-state index in [1.54, 1.807) is 23.7 Å². The Morgan fingerprint density at radius 1 is 1.14 bits per heavy atom. The van der Waals surface area contributed by atoms with E-state index in [1.165, 1.54) is 6.20 Å². The number of nitrogens with zero attached hydrogens (tertiary/aromatic N) is 3. The summed E-state index contributed by atoms with van der Waals surface area (Å²) in [7, 11) is 0. The number of rotatable bonds is 5. The summed E-state index contributed by atoms with van der Waals surface area (Å²) in [4.78, 5) is 29.0. The van der Waals surface area contributed by atoms with Crippen molar-refractivity contribution in [3.05, 3.63) is 93.9 Å². The molecule has 5 rings (SSSR count). The van der Waals surface area contributed by atoms with Crippen LogP contribution in [0.25, 0.3) is 16.9 Å². The highest BCUT2D eigenvalue weighted by atomic mass is 35.5. The lowest BCUT2D eigenvalue weighted by molar-refractivity contribution is 0.0992. The smallest absolute Gasteiger partial charge is 0.269 e. The zero-order valence-electron chi connectivity index (χ0n) is 18.8. The molecule has 8 nitrogen and oxygen atoms in total. The third-order valence-corrected chi connectivity index (χ3v) is 6.41. The lowest BCUT2D eigenvalue weighted by atomic mass is 9.88. The van der Waals surface area contributed by atoms with Crippen molar-refractivity contribution in [3.63, 3.8) is 0 Å². The zero-order chi connectivity index (χ0) is 24.7. The normalized spacial score (nSPS) is 13.0. The molecule has 1 unspecified atom stereocenters. The van der Waals surface area contributed by atoms with E-state index in [2.05, 4.69) is 15.4 Å². The van der Waals surface area contributed by atoms with E-state index in [0.29, 0.717) is 18.5 Å². The van der Waals surface area contributed by atoms with Crippen LogP contribution in [-0.2, 0) is 12.8 Å². The molecule has 4 aromatic rings. The Morgan fingerprint density at radius 3 is 2.60 bits per heavy atom. The van der Waals surface area contributed by atoms with Gasteiger partial charge in [-0.1, -0.05) is 29.8 Å². The van der Waals surface area contributed by atoms with Crippen LogP contribution in [0.1, 0.15) is 50.6 Å². The summed E-state index contributed by atoms with van der Waals surface area (Å²) in [5.74, 6) is -0.973. The van der Waals surface area contributed by atoms with E-state index < -0.39 is 12.0 Å². The van der Waals surface area contributed by atoms with Crippen LogP contribution in [0.3, 0.4) is 0 Å². The van der Waals surface area contributed by atoms with E-state index in [0.717, 1.165) is 33.6 Å². The summed E-state index contributed by atoms with van der Waals surface area (Å²) in [6, 6.07) is 16.2. The number of fused-ring (bicyclic) bond motifs is 3. The number of carbonyl (C=O) groups excluding carboxylic acids is 2. The predicted octanol–water partition coefficient (Wildman–Crippen LogP) is 4.09. The van der Waals surface area contributed by atoms with Gasteiger partial charge in [0.1, 0.15) is 5.15 Å². The first-order valence-corrected chi connectivity index (χ1v) is 11.5. The Hall–Kier alpha value is -4.01. The van der Waals surface area contributed by atoms with Crippen molar-refractivity contribution < 1.29 is 14.7 Å². The molecule has 0 aliphatic heterocycles. The van der Waals surface area contributed by atoms with Crippen LogP contribution in [-0.4, -0.2) is 31.7 Å². The Kier molecular flexibility index (Phi) is 5.84. The first-order valence-electron chi connectivity index (χ1n) is 11.1. The second-order valence-corrected chi connectivity index (χ2v) is 8.75. The molecule has 0 saturated carbocycles. The molecule has 4 N–H and O–H groups in total. The summed E-state index contributed by atoms with van der Waals surface area (Å²) in [5, 5.41) is 17.4. The van der Waals surface area contributed by atoms with Crippen molar-refractivity contribution in [1.29, 1.82) is 0 Å². The zero-order valence-corrected chi connectivity index (χ0v) is 19.6. The van der Waals surface area contributed by atoms with Crippen LogP contribution in [0.15, 0.2) is 60.8 Å².